The van der Waals surface area contributed by atoms with E-state index in [1.165, 1.54) is 5.71 Å². The Kier molecular flexibility index (Phi) is 4.29. The summed E-state index contributed by atoms with van der Waals surface area (Å²) in [6.45, 7) is 3.90. The van der Waals surface area contributed by atoms with E-state index in [9.17, 15) is 4.79 Å². The van der Waals surface area contributed by atoms with E-state index in [-0.39, 0.29) is 24.0 Å². The van der Waals surface area contributed by atoms with E-state index in [4.69, 9.17) is 14.2 Å². The van der Waals surface area contributed by atoms with Crippen molar-refractivity contribution in [1.82, 2.24) is 0 Å². The number of carbonyl (C=O) groups excluding carboxylic acids is 1. The molecule has 0 aromatic heterocycles. The topological polar surface area (TPSA) is 47.8 Å². The Hall–Kier alpha value is -0.780. The molecule has 22 heavy (non-hydrogen) atoms. The second-order valence-corrected chi connectivity index (χ2v) is 6.98. The number of hydrogen-bond acceptors (Lipinski definition) is 4. The number of ketones is 1. The summed E-state index contributed by atoms with van der Waals surface area (Å²) in [7, 11) is 0. The summed E-state index contributed by atoms with van der Waals surface area (Å²) in [4.78, 5) is 13.1. The van der Waals surface area contributed by atoms with Gasteiger partial charge in [-0.1, -0.05) is 0 Å². The van der Waals surface area contributed by atoms with Gasteiger partial charge in [-0.25, -0.2) is 4.58 Å². The summed E-state index contributed by atoms with van der Waals surface area (Å²) in [6.07, 6.45) is 6.46. The van der Waals surface area contributed by atoms with Gasteiger partial charge in [0.25, 0.3) is 0 Å². The summed E-state index contributed by atoms with van der Waals surface area (Å²) < 4.78 is 19.1. The van der Waals surface area contributed by atoms with Crippen LogP contribution in [0.25, 0.3) is 0 Å². The van der Waals surface area contributed by atoms with Gasteiger partial charge in [-0.15, -0.1) is 0 Å². The molecule has 2 aliphatic carbocycles. The van der Waals surface area contributed by atoms with Crippen LogP contribution in [0, 0.1) is 11.8 Å². The highest BCUT2D eigenvalue weighted by Crippen LogP contribution is 2.36. The maximum atomic E-state index is 13.1. The van der Waals surface area contributed by atoms with Crippen LogP contribution < -0.4 is 0 Å². The number of hydrogen-bond donors (Lipinski definition) is 0. The molecule has 2 saturated carbocycles. The third-order valence-electron chi connectivity index (χ3n) is 5.79. The molecule has 0 radical (unpaired) electrons. The molecule has 4 rings (SSSR count). The van der Waals surface area contributed by atoms with E-state index in [2.05, 4.69) is 4.58 Å². The largest absolute Gasteiger partial charge is 0.368 e. The lowest BCUT2D eigenvalue weighted by Crippen LogP contribution is -2.40. The van der Waals surface area contributed by atoms with Crippen LogP contribution in [0.1, 0.15) is 38.5 Å². The average Bonchev–Trinajstić information content (AvgIpc) is 3.23. The van der Waals surface area contributed by atoms with Crippen LogP contribution in [0.4, 0.5) is 0 Å². The van der Waals surface area contributed by atoms with Gasteiger partial charge in [0, 0.05) is 12.3 Å². The Labute approximate surface area is 131 Å². The SMILES string of the molecule is O=C(C1CCC2OCOC2C1)C1CCCC1=[N+]1CCOCC1. The zero-order valence-corrected chi connectivity index (χ0v) is 13.2. The Morgan fingerprint density at radius 1 is 1.05 bits per heavy atom. The van der Waals surface area contributed by atoms with E-state index >= 15 is 0 Å². The molecule has 0 aromatic carbocycles. The van der Waals surface area contributed by atoms with Crippen molar-refractivity contribution in [1.29, 1.82) is 0 Å². The van der Waals surface area contributed by atoms with Crippen molar-refractivity contribution in [3.8, 4) is 0 Å². The Balaban J connectivity index is 1.47. The smallest absolute Gasteiger partial charge is 0.166 e. The molecule has 0 N–H and O–H groups in total. The Bertz CT molecular complexity index is 467. The number of carbonyl (C=O) groups is 1. The Morgan fingerprint density at radius 2 is 1.86 bits per heavy atom. The van der Waals surface area contributed by atoms with Crippen molar-refractivity contribution < 1.29 is 23.6 Å². The first-order valence-corrected chi connectivity index (χ1v) is 8.78. The van der Waals surface area contributed by atoms with Crippen molar-refractivity contribution in [2.75, 3.05) is 33.1 Å². The van der Waals surface area contributed by atoms with Crippen LogP contribution in [0.3, 0.4) is 0 Å². The van der Waals surface area contributed by atoms with Gasteiger partial charge in [-0.2, -0.15) is 0 Å². The Morgan fingerprint density at radius 3 is 2.73 bits per heavy atom. The number of ether oxygens (including phenoxy) is 3. The number of nitrogens with zero attached hydrogens (tertiary/aromatic N) is 1. The summed E-state index contributed by atoms with van der Waals surface area (Å²) >= 11 is 0. The van der Waals surface area contributed by atoms with Crippen molar-refractivity contribution in [2.24, 2.45) is 11.8 Å². The number of morpholine rings is 1. The normalized spacial score (nSPS) is 39.1. The minimum Gasteiger partial charge on any atom is -0.368 e. The summed E-state index contributed by atoms with van der Waals surface area (Å²) in [5.41, 5.74) is 1.39. The first kappa shape index (κ1) is 14.8. The maximum absolute atomic E-state index is 13.1. The highest BCUT2D eigenvalue weighted by molar-refractivity contribution is 6.05. The van der Waals surface area contributed by atoms with Crippen LogP contribution in [0.5, 0.6) is 0 Å². The number of rotatable bonds is 2. The van der Waals surface area contributed by atoms with Gasteiger partial charge in [0.1, 0.15) is 25.8 Å². The van der Waals surface area contributed by atoms with Gasteiger partial charge in [0.15, 0.2) is 18.8 Å². The molecule has 5 nitrogen and oxygen atoms in total. The molecule has 4 unspecified atom stereocenters. The lowest BCUT2D eigenvalue weighted by molar-refractivity contribution is -0.551. The highest BCUT2D eigenvalue weighted by Gasteiger charge is 2.44. The molecule has 0 bridgehead atoms. The van der Waals surface area contributed by atoms with Gasteiger partial charge in [0.2, 0.25) is 0 Å². The van der Waals surface area contributed by atoms with Crippen molar-refractivity contribution in [3.05, 3.63) is 0 Å². The molecular weight excluding hydrogens is 282 g/mol. The third kappa shape index (κ3) is 2.74. The molecule has 0 amide bonds. The van der Waals surface area contributed by atoms with E-state index in [1.807, 2.05) is 0 Å². The second-order valence-electron chi connectivity index (χ2n) is 6.98. The van der Waals surface area contributed by atoms with Gasteiger partial charge in [0.05, 0.1) is 18.1 Å². The van der Waals surface area contributed by atoms with Crippen molar-refractivity contribution in [2.45, 2.75) is 50.7 Å². The van der Waals surface area contributed by atoms with Crippen molar-refractivity contribution >= 4 is 11.5 Å². The van der Waals surface area contributed by atoms with Crippen LogP contribution in [-0.2, 0) is 19.0 Å². The fourth-order valence-electron chi connectivity index (χ4n) is 4.59. The molecule has 5 heteroatoms. The second kappa shape index (κ2) is 6.38. The molecular formula is C17H26NO4+. The molecule has 122 valence electrons. The van der Waals surface area contributed by atoms with Crippen LogP contribution in [-0.4, -0.2) is 61.4 Å². The van der Waals surface area contributed by atoms with Crippen molar-refractivity contribution in [3.63, 3.8) is 0 Å². The molecule has 4 atom stereocenters. The minimum absolute atomic E-state index is 0.149. The quantitative estimate of drug-likeness (QED) is 0.723. The number of fused-ring (bicyclic) bond motifs is 1. The fourth-order valence-corrected chi connectivity index (χ4v) is 4.59. The predicted molar refractivity (Wildman–Crippen MR) is 80.1 cm³/mol. The minimum atomic E-state index is 0.149. The lowest BCUT2D eigenvalue weighted by atomic mass is 9.78. The molecule has 2 aliphatic heterocycles. The van der Waals surface area contributed by atoms with E-state index in [0.717, 1.165) is 64.8 Å². The van der Waals surface area contributed by atoms with E-state index < -0.39 is 0 Å². The first-order chi connectivity index (χ1) is 10.8. The average molecular weight is 308 g/mol. The van der Waals surface area contributed by atoms with E-state index in [0.29, 0.717) is 12.6 Å². The van der Waals surface area contributed by atoms with Crippen LogP contribution in [0.2, 0.25) is 0 Å². The monoisotopic (exact) mass is 308 g/mol. The first-order valence-electron chi connectivity index (χ1n) is 8.78. The number of Topliss-reactive ketones (excluding diaryl/α,β-unsaturated/α-hetero) is 1. The zero-order valence-electron chi connectivity index (χ0n) is 13.2. The van der Waals surface area contributed by atoms with Crippen LogP contribution >= 0.6 is 0 Å². The zero-order chi connectivity index (χ0) is 14.9. The standard InChI is InChI=1S/C17H26NO4/c19-17(12-4-5-15-16(10-12)22-11-21-15)13-2-1-3-14(13)18-6-8-20-9-7-18/h12-13,15-16H,1-11H2/q+1. The molecule has 0 spiro atoms. The highest BCUT2D eigenvalue weighted by atomic mass is 16.7. The van der Waals surface area contributed by atoms with E-state index in [1.54, 1.807) is 0 Å². The summed E-state index contributed by atoms with van der Waals surface area (Å²) in [6, 6.07) is 0. The lowest BCUT2D eigenvalue weighted by Gasteiger charge is -2.30. The maximum Gasteiger partial charge on any atom is 0.166 e. The van der Waals surface area contributed by atoms with Crippen LogP contribution in [0.15, 0.2) is 0 Å². The molecule has 2 heterocycles. The third-order valence-corrected chi connectivity index (χ3v) is 5.79. The molecule has 4 fully saturated rings. The molecule has 2 saturated heterocycles. The molecule has 4 aliphatic rings. The molecule has 0 aromatic rings. The summed E-state index contributed by atoms with van der Waals surface area (Å²) in [5.74, 6) is 0.789. The fraction of sp³-hybridized carbons (Fsp3) is 0.882. The van der Waals surface area contributed by atoms with Gasteiger partial charge in [-0.05, 0) is 32.1 Å². The predicted octanol–water partition coefficient (Wildman–Crippen LogP) is 1.38. The summed E-state index contributed by atoms with van der Waals surface area (Å²) in [5, 5.41) is 0. The van der Waals surface area contributed by atoms with Gasteiger partial charge in [-0.3, -0.25) is 4.79 Å². The van der Waals surface area contributed by atoms with Gasteiger partial charge >= 0.3 is 0 Å². The van der Waals surface area contributed by atoms with Gasteiger partial charge < -0.3 is 14.2 Å².